The molecule has 0 aromatic heterocycles. The number of nitrogens with zero attached hydrogens (tertiary/aromatic N) is 4. The second kappa shape index (κ2) is 15.8. The molecule has 43 heavy (non-hydrogen) atoms. The number of sulfonamides is 1. The van der Waals surface area contributed by atoms with Crippen LogP contribution in [0.1, 0.15) is 57.4 Å². The van der Waals surface area contributed by atoms with E-state index in [2.05, 4.69) is 9.62 Å². The Bertz CT molecular complexity index is 1330. The molecule has 0 amide bonds. The van der Waals surface area contributed by atoms with Crippen LogP contribution in [0.2, 0.25) is 0 Å². The summed E-state index contributed by atoms with van der Waals surface area (Å²) in [6.45, 7) is 6.06. The lowest BCUT2D eigenvalue weighted by atomic mass is 9.89. The second-order valence-electron chi connectivity index (χ2n) is 12.5. The van der Waals surface area contributed by atoms with E-state index in [1.54, 1.807) is 16.4 Å². The van der Waals surface area contributed by atoms with Gasteiger partial charge in [0.05, 0.1) is 4.90 Å². The van der Waals surface area contributed by atoms with Gasteiger partial charge in [-0.05, 0) is 80.4 Å². The van der Waals surface area contributed by atoms with Crippen molar-refractivity contribution in [2.75, 3.05) is 64.8 Å². The topological polar surface area (TPSA) is 93.3 Å². The highest BCUT2D eigenvalue weighted by molar-refractivity contribution is 7.89. The van der Waals surface area contributed by atoms with E-state index in [1.165, 1.54) is 36.4 Å². The van der Waals surface area contributed by atoms with Gasteiger partial charge >= 0.3 is 0 Å². The number of benzene rings is 2. The summed E-state index contributed by atoms with van der Waals surface area (Å²) in [7, 11) is -3.68. The fourth-order valence-electron chi connectivity index (χ4n) is 6.27. The maximum atomic E-state index is 13.9. The van der Waals surface area contributed by atoms with Crippen molar-refractivity contribution in [1.82, 2.24) is 18.2 Å². The smallest absolute Gasteiger partial charge is 0.279 e. The Morgan fingerprint density at radius 1 is 0.767 bits per heavy atom. The Kier molecular flexibility index (Phi) is 12.5. The summed E-state index contributed by atoms with van der Waals surface area (Å²) in [5.74, 6) is 0.464. The molecule has 1 N–H and O–H groups in total. The molecule has 1 heterocycles. The van der Waals surface area contributed by atoms with Crippen LogP contribution in [0.5, 0.6) is 0 Å². The van der Waals surface area contributed by atoms with E-state index >= 15 is 0 Å². The predicted octanol–water partition coefficient (Wildman–Crippen LogP) is 4.39. The molecule has 1 aliphatic carbocycles. The van der Waals surface area contributed by atoms with E-state index in [-0.39, 0.29) is 30.4 Å². The number of rotatable bonds is 9. The molecule has 2 aliphatic rings. The van der Waals surface area contributed by atoms with Gasteiger partial charge in [-0.25, -0.2) is 8.42 Å². The molecular weight excluding hydrogens is 583 g/mol. The van der Waals surface area contributed by atoms with Crippen molar-refractivity contribution in [3.05, 3.63) is 60.2 Å². The van der Waals surface area contributed by atoms with Crippen molar-refractivity contribution in [3.8, 4) is 0 Å². The lowest BCUT2D eigenvalue weighted by molar-refractivity contribution is 0.181. The zero-order valence-corrected chi connectivity index (χ0v) is 27.8. The monoisotopic (exact) mass is 633 g/mol. The van der Waals surface area contributed by atoms with Crippen molar-refractivity contribution in [3.63, 3.8) is 0 Å². The summed E-state index contributed by atoms with van der Waals surface area (Å²) in [5, 5.41) is 0. The predicted molar refractivity (Wildman–Crippen MR) is 175 cm³/mol. The van der Waals surface area contributed by atoms with Crippen LogP contribution in [-0.2, 0) is 26.8 Å². The fraction of sp³-hybridized carbons (Fsp3) is 0.625. The first-order valence-electron chi connectivity index (χ1n) is 15.8. The van der Waals surface area contributed by atoms with Crippen molar-refractivity contribution in [2.45, 2.75) is 63.3 Å². The minimum Gasteiger partial charge on any atom is -0.378 e. The molecule has 0 bridgehead atoms. The van der Waals surface area contributed by atoms with Gasteiger partial charge in [0.15, 0.2) is 0 Å². The van der Waals surface area contributed by atoms with E-state index in [0.717, 1.165) is 43.7 Å². The molecule has 0 spiro atoms. The standard InChI is InChI=1S/C32H51N5O4S2/c1-28-25-36(42(38,39)32-18-16-31(17-19-32)34(2)3)22-10-20-35(27-30-14-8-5-9-15-30)21-11-23-37(26-28)43(40,41)33-24-29-12-6-4-7-13-29/h4,6-7,12-13,16-19,28,30,33H,5,8-11,14-15,20-27H2,1-3H3/t28-/m0/s1. The number of hydrogen-bond acceptors (Lipinski definition) is 6. The first kappa shape index (κ1) is 33.9. The van der Waals surface area contributed by atoms with Gasteiger partial charge in [-0.15, -0.1) is 0 Å². The molecule has 0 unspecified atom stereocenters. The van der Waals surface area contributed by atoms with Gasteiger partial charge in [0, 0.05) is 59.1 Å². The highest BCUT2D eigenvalue weighted by Gasteiger charge is 2.30. The van der Waals surface area contributed by atoms with Gasteiger partial charge in [-0.2, -0.15) is 21.8 Å². The Labute approximate surface area is 260 Å². The van der Waals surface area contributed by atoms with Crippen LogP contribution in [0.15, 0.2) is 59.5 Å². The van der Waals surface area contributed by atoms with E-state index in [4.69, 9.17) is 0 Å². The lowest BCUT2D eigenvalue weighted by Gasteiger charge is -2.33. The average Bonchev–Trinajstić information content (AvgIpc) is 2.99. The highest BCUT2D eigenvalue weighted by atomic mass is 32.2. The second-order valence-corrected chi connectivity index (χ2v) is 16.2. The van der Waals surface area contributed by atoms with Gasteiger partial charge < -0.3 is 9.80 Å². The molecule has 2 aromatic carbocycles. The lowest BCUT2D eigenvalue weighted by Crippen LogP contribution is -2.47. The molecule has 1 aliphatic heterocycles. The molecule has 1 atom stereocenters. The van der Waals surface area contributed by atoms with Gasteiger partial charge in [0.25, 0.3) is 10.2 Å². The normalized spacial score (nSPS) is 21.6. The molecule has 240 valence electrons. The van der Waals surface area contributed by atoms with E-state index < -0.39 is 20.2 Å². The average molecular weight is 634 g/mol. The minimum absolute atomic E-state index is 0.193. The van der Waals surface area contributed by atoms with Crippen molar-refractivity contribution in [2.24, 2.45) is 11.8 Å². The Morgan fingerprint density at radius 2 is 1.37 bits per heavy atom. The van der Waals surface area contributed by atoms with Gasteiger partial charge in [0.2, 0.25) is 10.0 Å². The maximum Gasteiger partial charge on any atom is 0.279 e. The first-order valence-corrected chi connectivity index (χ1v) is 18.7. The van der Waals surface area contributed by atoms with Crippen molar-refractivity contribution >= 4 is 25.9 Å². The molecule has 4 rings (SSSR count). The number of nitrogens with one attached hydrogen (secondary N) is 1. The van der Waals surface area contributed by atoms with Crippen LogP contribution >= 0.6 is 0 Å². The third-order valence-electron chi connectivity index (χ3n) is 8.67. The van der Waals surface area contributed by atoms with E-state index in [0.29, 0.717) is 19.0 Å². The summed E-state index contributed by atoms with van der Waals surface area (Å²) in [6, 6.07) is 16.5. The molecule has 2 aromatic rings. The van der Waals surface area contributed by atoms with Crippen LogP contribution in [0.3, 0.4) is 0 Å². The molecule has 1 saturated heterocycles. The first-order chi connectivity index (χ1) is 20.5. The number of anilines is 1. The van der Waals surface area contributed by atoms with Crippen molar-refractivity contribution in [1.29, 1.82) is 0 Å². The largest absolute Gasteiger partial charge is 0.378 e. The minimum atomic E-state index is -3.77. The molecule has 0 radical (unpaired) electrons. The quantitative estimate of drug-likeness (QED) is 0.441. The molecular formula is C32H51N5O4S2. The zero-order chi connectivity index (χ0) is 30.9. The summed E-state index contributed by atoms with van der Waals surface area (Å²) in [6.07, 6.45) is 7.81. The summed E-state index contributed by atoms with van der Waals surface area (Å²) >= 11 is 0. The van der Waals surface area contributed by atoms with E-state index in [9.17, 15) is 16.8 Å². The van der Waals surface area contributed by atoms with Crippen LogP contribution in [0.25, 0.3) is 0 Å². The summed E-state index contributed by atoms with van der Waals surface area (Å²) in [4.78, 5) is 4.65. The Morgan fingerprint density at radius 3 is 2.00 bits per heavy atom. The fourth-order valence-corrected chi connectivity index (χ4v) is 9.22. The van der Waals surface area contributed by atoms with Crippen molar-refractivity contribution < 1.29 is 16.8 Å². The van der Waals surface area contributed by atoms with Crippen LogP contribution in [0, 0.1) is 11.8 Å². The molecule has 11 heteroatoms. The highest BCUT2D eigenvalue weighted by Crippen LogP contribution is 2.26. The molecule has 1 saturated carbocycles. The van der Waals surface area contributed by atoms with Gasteiger partial charge in [-0.1, -0.05) is 56.5 Å². The SMILES string of the molecule is C[C@@H]1CN(S(=O)(=O)NCc2ccccc2)CCCN(CC2CCCCC2)CCCN(S(=O)(=O)c2ccc(N(C)C)cc2)C1. The van der Waals surface area contributed by atoms with Crippen LogP contribution in [-0.4, -0.2) is 90.3 Å². The summed E-state index contributed by atoms with van der Waals surface area (Å²) in [5.41, 5.74) is 1.83. The number of hydrogen-bond donors (Lipinski definition) is 1. The summed E-state index contributed by atoms with van der Waals surface area (Å²) < 4.78 is 60.9. The Balaban J connectivity index is 1.54. The molecule has 2 fully saturated rings. The third kappa shape index (κ3) is 9.99. The van der Waals surface area contributed by atoms with Gasteiger partial charge in [0.1, 0.15) is 0 Å². The molecule has 9 nitrogen and oxygen atoms in total. The van der Waals surface area contributed by atoms with Crippen LogP contribution in [0.4, 0.5) is 5.69 Å². The third-order valence-corrected chi connectivity index (χ3v) is 12.1. The van der Waals surface area contributed by atoms with Crippen LogP contribution < -0.4 is 9.62 Å². The Hall–Kier alpha value is -2.02. The zero-order valence-electron chi connectivity index (χ0n) is 26.2. The van der Waals surface area contributed by atoms with E-state index in [1.807, 2.05) is 68.4 Å². The van der Waals surface area contributed by atoms with Gasteiger partial charge in [-0.3, -0.25) is 0 Å². The maximum absolute atomic E-state index is 13.9.